The first-order chi connectivity index (χ1) is 23.7. The number of fused-ring (bicyclic) bond motifs is 1. The van der Waals surface area contributed by atoms with Crippen molar-refractivity contribution in [2.24, 2.45) is 17.3 Å². The maximum atomic E-state index is 15.0. The van der Waals surface area contributed by atoms with Crippen molar-refractivity contribution in [3.8, 4) is 0 Å². The van der Waals surface area contributed by atoms with E-state index in [1.165, 1.54) is 0 Å². The number of allylic oxidation sites excluding steroid dienone is 1. The summed E-state index contributed by atoms with van der Waals surface area (Å²) in [5.74, 6) is -2.93. The van der Waals surface area contributed by atoms with Crippen molar-refractivity contribution >= 4 is 23.7 Å². The number of nitrogens with zero attached hydrogens (tertiary/aromatic N) is 2. The first-order valence-corrected chi connectivity index (χ1v) is 18.4. The van der Waals surface area contributed by atoms with Crippen molar-refractivity contribution in [1.29, 1.82) is 0 Å². The summed E-state index contributed by atoms with van der Waals surface area (Å²) in [5, 5.41) is 12.2. The van der Waals surface area contributed by atoms with Crippen LogP contribution in [-0.4, -0.2) is 88.1 Å². The van der Waals surface area contributed by atoms with Gasteiger partial charge in [0.05, 0.1) is 24.5 Å². The number of amides is 3. The van der Waals surface area contributed by atoms with Crippen LogP contribution in [0.3, 0.4) is 0 Å². The number of likely N-dealkylation sites (tertiary alicyclic amines) is 1. The number of benzene rings is 1. The van der Waals surface area contributed by atoms with Gasteiger partial charge in [-0.1, -0.05) is 76.1 Å². The molecule has 3 aliphatic heterocycles. The lowest BCUT2D eigenvalue weighted by molar-refractivity contribution is -0.160. The highest BCUT2D eigenvalue weighted by molar-refractivity contribution is 5.98. The van der Waals surface area contributed by atoms with Crippen LogP contribution in [0.2, 0.25) is 0 Å². The van der Waals surface area contributed by atoms with Crippen molar-refractivity contribution in [2.75, 3.05) is 26.2 Å². The maximum Gasteiger partial charge on any atom is 0.313 e. The third-order valence-corrected chi connectivity index (χ3v) is 10.4. The quantitative estimate of drug-likeness (QED) is 0.111. The van der Waals surface area contributed by atoms with Crippen LogP contribution in [0.5, 0.6) is 0 Å². The zero-order chi connectivity index (χ0) is 36.7. The number of esters is 1. The lowest BCUT2D eigenvalue weighted by Crippen LogP contribution is -2.61. The molecule has 6 atom stereocenters. The van der Waals surface area contributed by atoms with Crippen LogP contribution in [0.15, 0.2) is 55.6 Å². The van der Waals surface area contributed by atoms with Crippen LogP contribution in [0.4, 0.5) is 0 Å². The summed E-state index contributed by atoms with van der Waals surface area (Å²) in [4.78, 5) is 59.8. The van der Waals surface area contributed by atoms with Crippen LogP contribution in [0.25, 0.3) is 0 Å². The molecule has 2 N–H and O–H groups in total. The lowest BCUT2D eigenvalue weighted by atomic mass is 9.70. The molecule has 4 rings (SSSR count). The lowest BCUT2D eigenvalue weighted by Gasteiger charge is -2.45. The molecule has 1 aromatic rings. The number of carbonyl (C=O) groups excluding carboxylic acids is 4. The van der Waals surface area contributed by atoms with Gasteiger partial charge >= 0.3 is 5.97 Å². The smallest absolute Gasteiger partial charge is 0.313 e. The number of nitrogens with one attached hydrogen (secondary N) is 1. The molecule has 1 aromatic carbocycles. The molecule has 3 aliphatic rings. The Morgan fingerprint density at radius 1 is 1.10 bits per heavy atom. The number of ether oxygens (including phenoxy) is 2. The Balaban J connectivity index is 1.66. The number of hydrogen-bond acceptors (Lipinski definition) is 7. The van der Waals surface area contributed by atoms with Crippen LogP contribution < -0.4 is 5.32 Å². The van der Waals surface area contributed by atoms with E-state index >= 15 is 0 Å². The minimum Gasteiger partial charge on any atom is -0.455 e. The van der Waals surface area contributed by atoms with Crippen molar-refractivity contribution < 1.29 is 33.8 Å². The molecule has 276 valence electrons. The Morgan fingerprint density at radius 2 is 1.80 bits per heavy atom. The molecular weight excluding hydrogens is 634 g/mol. The van der Waals surface area contributed by atoms with Crippen LogP contribution in [-0.2, 0) is 28.7 Å². The Hall–Kier alpha value is -3.50. The first-order valence-electron chi connectivity index (χ1n) is 18.4. The first kappa shape index (κ1) is 39.3. The van der Waals surface area contributed by atoms with Crippen molar-refractivity contribution in [3.63, 3.8) is 0 Å². The van der Waals surface area contributed by atoms with Gasteiger partial charge in [0.15, 0.2) is 0 Å². The largest absolute Gasteiger partial charge is 0.455 e. The Labute approximate surface area is 298 Å². The number of rotatable bonds is 19. The SMILES string of the molecule is C=CCCC(=O)NC[C@@H](OC(=O)[C@@H]1[C@H]2C(=O)N(CCCCCCO)[C@H](C(=O)N(CC=C)C(C)(C)CC(C)(C)C)[C@]23CC[C@H]1O3)c1ccccc1. The third kappa shape index (κ3) is 8.68. The summed E-state index contributed by atoms with van der Waals surface area (Å²) < 4.78 is 12.9. The van der Waals surface area contributed by atoms with Gasteiger partial charge in [-0.3, -0.25) is 19.2 Å². The molecule has 10 heteroatoms. The van der Waals surface area contributed by atoms with Gasteiger partial charge in [-0.15, -0.1) is 13.2 Å². The van der Waals surface area contributed by atoms with Gasteiger partial charge in [-0.2, -0.15) is 0 Å². The van der Waals surface area contributed by atoms with Crippen LogP contribution >= 0.6 is 0 Å². The van der Waals surface area contributed by atoms with Gasteiger partial charge < -0.3 is 29.7 Å². The van der Waals surface area contributed by atoms with E-state index in [1.807, 2.05) is 35.2 Å². The van der Waals surface area contributed by atoms with E-state index in [2.05, 4.69) is 53.1 Å². The summed E-state index contributed by atoms with van der Waals surface area (Å²) in [6.45, 7) is 19.0. The van der Waals surface area contributed by atoms with E-state index in [0.29, 0.717) is 45.2 Å². The molecular formula is C40H59N3O7. The highest BCUT2D eigenvalue weighted by atomic mass is 16.6. The standard InChI is InChI=1S/C40H59N3O7/c1-8-10-20-31(45)41-26-30(28-18-14-13-15-19-28)49-37(48)32-29-21-22-40(50-29)33(32)35(46)42(24-16-11-12-17-25-44)34(40)36(47)43(23-9-2)39(6,7)27-38(3,4)5/h8-9,13-15,18-19,29-30,32-34,44H,1-2,10-12,16-17,20-27H2,3-7H3,(H,41,45)/t29-,30-,32+,33+,34-,40+/m1/s1. The molecule has 3 heterocycles. The minimum absolute atomic E-state index is 0.0699. The highest BCUT2D eigenvalue weighted by Gasteiger charge is 2.75. The molecule has 0 aromatic heterocycles. The summed E-state index contributed by atoms with van der Waals surface area (Å²) >= 11 is 0. The van der Waals surface area contributed by atoms with Crippen molar-refractivity contribution in [1.82, 2.24) is 15.1 Å². The van der Waals surface area contributed by atoms with E-state index in [-0.39, 0.29) is 42.7 Å². The van der Waals surface area contributed by atoms with E-state index in [1.54, 1.807) is 17.1 Å². The van der Waals surface area contributed by atoms with E-state index in [4.69, 9.17) is 9.47 Å². The molecule has 3 fully saturated rings. The van der Waals surface area contributed by atoms with E-state index < -0.39 is 47.2 Å². The van der Waals surface area contributed by atoms with Gasteiger partial charge in [-0.25, -0.2) is 0 Å². The maximum absolute atomic E-state index is 15.0. The van der Waals surface area contributed by atoms with Gasteiger partial charge in [0.1, 0.15) is 17.7 Å². The monoisotopic (exact) mass is 693 g/mol. The van der Waals surface area contributed by atoms with Gasteiger partial charge in [0, 0.05) is 31.7 Å². The fourth-order valence-corrected chi connectivity index (χ4v) is 8.64. The molecule has 3 saturated heterocycles. The van der Waals surface area contributed by atoms with Gasteiger partial charge in [0.25, 0.3) is 0 Å². The molecule has 1 spiro atoms. The average molecular weight is 694 g/mol. The fourth-order valence-electron chi connectivity index (χ4n) is 8.64. The molecule has 3 amide bonds. The third-order valence-electron chi connectivity index (χ3n) is 10.4. The Bertz CT molecular complexity index is 1370. The topological polar surface area (TPSA) is 125 Å². The number of carbonyl (C=O) groups is 4. The predicted octanol–water partition coefficient (Wildman–Crippen LogP) is 5.51. The number of unbranched alkanes of at least 4 members (excludes halogenated alkanes) is 3. The molecule has 10 nitrogen and oxygen atoms in total. The fraction of sp³-hybridized carbons (Fsp3) is 0.650. The van der Waals surface area contributed by atoms with Crippen molar-refractivity contribution in [3.05, 3.63) is 61.2 Å². The Morgan fingerprint density at radius 3 is 2.44 bits per heavy atom. The summed E-state index contributed by atoms with van der Waals surface area (Å²) in [7, 11) is 0. The van der Waals surface area contributed by atoms with Gasteiger partial charge in [-0.05, 0) is 63.4 Å². The predicted molar refractivity (Wildman–Crippen MR) is 193 cm³/mol. The molecule has 2 bridgehead atoms. The van der Waals surface area contributed by atoms with Crippen LogP contribution in [0.1, 0.15) is 104 Å². The minimum atomic E-state index is -1.16. The van der Waals surface area contributed by atoms with Crippen LogP contribution in [0, 0.1) is 17.3 Å². The molecule has 0 radical (unpaired) electrons. The number of hydrogen-bond donors (Lipinski definition) is 2. The second-order valence-electron chi connectivity index (χ2n) is 16.0. The van der Waals surface area contributed by atoms with Gasteiger partial charge in [0.2, 0.25) is 17.7 Å². The average Bonchev–Trinajstić information content (AvgIpc) is 3.70. The van der Waals surface area contributed by atoms with Crippen molar-refractivity contribution in [2.45, 2.75) is 122 Å². The summed E-state index contributed by atoms with van der Waals surface area (Å²) in [6.07, 6.45) is 7.54. The number of aliphatic hydroxyl groups excluding tert-OH is 1. The molecule has 0 saturated carbocycles. The summed E-state index contributed by atoms with van der Waals surface area (Å²) in [5.41, 5.74) is -1.06. The molecule has 0 unspecified atom stereocenters. The zero-order valence-corrected chi connectivity index (χ0v) is 30.8. The Kier molecular flexibility index (Phi) is 13.1. The number of aliphatic hydroxyl groups is 1. The zero-order valence-electron chi connectivity index (χ0n) is 30.8. The van der Waals surface area contributed by atoms with E-state index in [0.717, 1.165) is 24.8 Å². The molecule has 50 heavy (non-hydrogen) atoms. The molecule has 0 aliphatic carbocycles. The second kappa shape index (κ2) is 16.7. The second-order valence-corrected chi connectivity index (χ2v) is 16.0. The summed E-state index contributed by atoms with van der Waals surface area (Å²) in [6, 6.07) is 8.34. The van der Waals surface area contributed by atoms with E-state index in [9.17, 15) is 24.3 Å². The normalized spacial score (nSPS) is 24.8. The highest BCUT2D eigenvalue weighted by Crippen LogP contribution is 2.59.